The summed E-state index contributed by atoms with van der Waals surface area (Å²) in [6, 6.07) is 14.6. The van der Waals surface area contributed by atoms with Crippen LogP contribution in [-0.2, 0) is 12.7 Å². The molecule has 2 heterocycles. The Morgan fingerprint density at radius 2 is 1.80 bits per heavy atom. The highest BCUT2D eigenvalue weighted by molar-refractivity contribution is 5.97. The molecule has 8 heteroatoms. The maximum atomic E-state index is 13.0. The number of alkyl halides is 3. The first-order valence-corrected chi connectivity index (χ1v) is 9.21. The molecule has 0 aliphatic carbocycles. The summed E-state index contributed by atoms with van der Waals surface area (Å²) in [7, 11) is 0. The van der Waals surface area contributed by atoms with Crippen molar-refractivity contribution in [1.29, 1.82) is 0 Å². The predicted molar refractivity (Wildman–Crippen MR) is 102 cm³/mol. The third-order valence-electron chi connectivity index (χ3n) is 4.58. The molecular weight excluding hydrogens is 397 g/mol. The molecule has 1 amide bonds. The number of pyridine rings is 1. The maximum Gasteiger partial charge on any atom is 0.416 e. The maximum absolute atomic E-state index is 13.0. The Balaban J connectivity index is 1.55. The summed E-state index contributed by atoms with van der Waals surface area (Å²) >= 11 is 0. The van der Waals surface area contributed by atoms with Crippen molar-refractivity contribution in [2.45, 2.75) is 12.7 Å². The molecule has 3 aromatic rings. The van der Waals surface area contributed by atoms with Crippen LogP contribution in [0.4, 0.5) is 13.2 Å². The lowest BCUT2D eigenvalue weighted by Gasteiger charge is -2.19. The van der Waals surface area contributed by atoms with Crippen LogP contribution < -0.4 is 9.47 Å². The van der Waals surface area contributed by atoms with Crippen LogP contribution >= 0.6 is 0 Å². The van der Waals surface area contributed by atoms with Crippen LogP contribution in [-0.4, -0.2) is 28.9 Å². The molecule has 2 aromatic carbocycles. The van der Waals surface area contributed by atoms with Gasteiger partial charge in [0.15, 0.2) is 0 Å². The van der Waals surface area contributed by atoms with Crippen LogP contribution in [0.15, 0.2) is 66.9 Å². The van der Waals surface area contributed by atoms with Gasteiger partial charge in [-0.05, 0) is 54.6 Å². The third kappa shape index (κ3) is 4.37. The standard InChI is InChI=1S/C22H17F3N2O3/c23-22(24,25)15-4-6-17(7-5-15)30-18-8-9-20-19(13-18)21(28)27(11-12-29-20)14-16-3-1-2-10-26-16/h1-10,13H,11-12,14H2. The number of amides is 1. The number of halogens is 3. The number of benzene rings is 2. The van der Waals surface area contributed by atoms with Crippen LogP contribution in [0.2, 0.25) is 0 Å². The fourth-order valence-corrected chi connectivity index (χ4v) is 3.09. The average Bonchev–Trinajstić information content (AvgIpc) is 2.88. The Morgan fingerprint density at radius 3 is 2.50 bits per heavy atom. The molecule has 0 saturated carbocycles. The van der Waals surface area contributed by atoms with Crippen molar-refractivity contribution in [3.05, 3.63) is 83.7 Å². The van der Waals surface area contributed by atoms with Crippen molar-refractivity contribution in [2.75, 3.05) is 13.2 Å². The van der Waals surface area contributed by atoms with Gasteiger partial charge in [0.05, 0.1) is 29.9 Å². The normalized spacial score (nSPS) is 14.0. The van der Waals surface area contributed by atoms with Crippen molar-refractivity contribution < 1.29 is 27.4 Å². The van der Waals surface area contributed by atoms with Crippen LogP contribution in [0.5, 0.6) is 17.2 Å². The highest BCUT2D eigenvalue weighted by atomic mass is 19.4. The lowest BCUT2D eigenvalue weighted by molar-refractivity contribution is -0.137. The van der Waals surface area contributed by atoms with E-state index < -0.39 is 11.7 Å². The molecular formula is C22H17F3N2O3. The second-order valence-electron chi connectivity index (χ2n) is 6.68. The number of carbonyl (C=O) groups excluding carboxylic acids is 1. The molecule has 0 unspecified atom stereocenters. The smallest absolute Gasteiger partial charge is 0.416 e. The third-order valence-corrected chi connectivity index (χ3v) is 4.58. The first-order valence-electron chi connectivity index (χ1n) is 9.21. The Bertz CT molecular complexity index is 1040. The van der Waals surface area contributed by atoms with E-state index in [0.29, 0.717) is 36.8 Å². The number of rotatable bonds is 4. The van der Waals surface area contributed by atoms with Crippen molar-refractivity contribution in [2.24, 2.45) is 0 Å². The van der Waals surface area contributed by atoms with Crippen LogP contribution in [0.3, 0.4) is 0 Å². The molecule has 5 nitrogen and oxygen atoms in total. The lowest BCUT2D eigenvalue weighted by atomic mass is 10.1. The number of hydrogen-bond donors (Lipinski definition) is 0. The minimum atomic E-state index is -4.41. The van der Waals surface area contributed by atoms with E-state index in [-0.39, 0.29) is 11.7 Å². The second kappa shape index (κ2) is 8.06. The van der Waals surface area contributed by atoms with Gasteiger partial charge in [0.25, 0.3) is 5.91 Å². The van der Waals surface area contributed by atoms with Gasteiger partial charge < -0.3 is 14.4 Å². The van der Waals surface area contributed by atoms with Gasteiger partial charge in [-0.1, -0.05) is 6.07 Å². The fraction of sp³-hybridized carbons (Fsp3) is 0.182. The zero-order valence-electron chi connectivity index (χ0n) is 15.7. The van der Waals surface area contributed by atoms with E-state index in [9.17, 15) is 18.0 Å². The minimum absolute atomic E-state index is 0.231. The van der Waals surface area contributed by atoms with Gasteiger partial charge >= 0.3 is 6.18 Å². The highest BCUT2D eigenvalue weighted by Gasteiger charge is 2.30. The molecule has 154 valence electrons. The van der Waals surface area contributed by atoms with Crippen molar-refractivity contribution in [3.63, 3.8) is 0 Å². The predicted octanol–water partition coefficient (Wildman–Crippen LogP) is 4.93. The fourth-order valence-electron chi connectivity index (χ4n) is 3.09. The average molecular weight is 414 g/mol. The van der Waals surface area contributed by atoms with E-state index in [1.165, 1.54) is 18.2 Å². The number of aromatic nitrogens is 1. The summed E-state index contributed by atoms with van der Waals surface area (Å²) in [4.78, 5) is 18.9. The molecule has 0 spiro atoms. The van der Waals surface area contributed by atoms with E-state index in [0.717, 1.165) is 17.8 Å². The first kappa shape index (κ1) is 19.8. The Morgan fingerprint density at radius 1 is 1.03 bits per heavy atom. The number of ether oxygens (including phenoxy) is 2. The first-order chi connectivity index (χ1) is 14.4. The largest absolute Gasteiger partial charge is 0.491 e. The van der Waals surface area contributed by atoms with Crippen molar-refractivity contribution in [3.8, 4) is 17.2 Å². The molecule has 30 heavy (non-hydrogen) atoms. The SMILES string of the molecule is O=C1c2cc(Oc3ccc(C(F)(F)F)cc3)ccc2OCCN1Cc1ccccn1. The van der Waals surface area contributed by atoms with Crippen LogP contribution in [0.1, 0.15) is 21.6 Å². The van der Waals surface area contributed by atoms with Gasteiger partial charge in [-0.2, -0.15) is 13.2 Å². The summed E-state index contributed by atoms with van der Waals surface area (Å²) in [5.74, 6) is 0.759. The van der Waals surface area contributed by atoms with Gasteiger partial charge in [-0.3, -0.25) is 9.78 Å². The molecule has 0 fully saturated rings. The second-order valence-corrected chi connectivity index (χ2v) is 6.68. The van der Waals surface area contributed by atoms with Gasteiger partial charge in [0.2, 0.25) is 0 Å². The zero-order valence-corrected chi connectivity index (χ0v) is 15.7. The van der Waals surface area contributed by atoms with Gasteiger partial charge in [0, 0.05) is 6.20 Å². The van der Waals surface area contributed by atoms with Gasteiger partial charge in [-0.25, -0.2) is 0 Å². The van der Waals surface area contributed by atoms with Crippen LogP contribution in [0.25, 0.3) is 0 Å². The zero-order chi connectivity index (χ0) is 21.1. The molecule has 1 aromatic heterocycles. The summed E-state index contributed by atoms with van der Waals surface area (Å²) in [5, 5.41) is 0. The number of hydrogen-bond acceptors (Lipinski definition) is 4. The van der Waals surface area contributed by atoms with E-state index >= 15 is 0 Å². The van der Waals surface area contributed by atoms with Gasteiger partial charge in [0.1, 0.15) is 23.9 Å². The van der Waals surface area contributed by atoms with E-state index in [1.807, 2.05) is 12.1 Å². The lowest BCUT2D eigenvalue weighted by Crippen LogP contribution is -2.32. The topological polar surface area (TPSA) is 51.7 Å². The molecule has 1 aliphatic rings. The number of fused-ring (bicyclic) bond motifs is 1. The summed E-state index contributed by atoms with van der Waals surface area (Å²) in [6.45, 7) is 1.08. The number of nitrogens with zero attached hydrogens (tertiary/aromatic N) is 2. The molecule has 0 atom stereocenters. The molecule has 4 rings (SSSR count). The Kier molecular flexibility index (Phi) is 5.31. The molecule has 0 N–H and O–H groups in total. The highest BCUT2D eigenvalue weighted by Crippen LogP contribution is 2.33. The summed E-state index contributed by atoms with van der Waals surface area (Å²) < 4.78 is 49.5. The van der Waals surface area contributed by atoms with Gasteiger partial charge in [-0.15, -0.1) is 0 Å². The Hall–Kier alpha value is -3.55. The Labute approximate surface area is 170 Å². The molecule has 0 saturated heterocycles. The molecule has 0 radical (unpaired) electrons. The van der Waals surface area contributed by atoms with Crippen LogP contribution in [0, 0.1) is 0 Å². The molecule has 1 aliphatic heterocycles. The van der Waals surface area contributed by atoms with E-state index in [4.69, 9.17) is 9.47 Å². The monoisotopic (exact) mass is 414 g/mol. The number of carbonyl (C=O) groups is 1. The quantitative estimate of drug-likeness (QED) is 0.608. The van der Waals surface area contributed by atoms with Crippen molar-refractivity contribution >= 4 is 5.91 Å². The van der Waals surface area contributed by atoms with Crippen molar-refractivity contribution in [1.82, 2.24) is 9.88 Å². The minimum Gasteiger partial charge on any atom is -0.491 e. The van der Waals surface area contributed by atoms with E-state index in [1.54, 1.807) is 29.3 Å². The molecule has 0 bridgehead atoms. The summed E-state index contributed by atoms with van der Waals surface area (Å²) in [6.07, 6.45) is -2.75. The summed E-state index contributed by atoms with van der Waals surface area (Å²) in [5.41, 5.74) is 0.324. The van der Waals surface area contributed by atoms with E-state index in [2.05, 4.69) is 4.98 Å².